The molecule has 0 aliphatic heterocycles. The largest absolute Gasteiger partial charge is 0.497 e. The van der Waals surface area contributed by atoms with E-state index >= 15 is 0 Å². The first-order chi connectivity index (χ1) is 13.7. The zero-order valence-electron chi connectivity index (χ0n) is 15.7. The van der Waals surface area contributed by atoms with Gasteiger partial charge in [-0.15, -0.1) is 11.3 Å². The molecule has 0 fully saturated rings. The van der Waals surface area contributed by atoms with Gasteiger partial charge in [0.25, 0.3) is 0 Å². The van der Waals surface area contributed by atoms with E-state index in [0.29, 0.717) is 6.54 Å². The van der Waals surface area contributed by atoms with Gasteiger partial charge in [0.2, 0.25) is 5.91 Å². The molecule has 6 nitrogen and oxygen atoms in total. The van der Waals surface area contributed by atoms with Gasteiger partial charge in [0, 0.05) is 36.1 Å². The molecule has 3 aromatic rings. The lowest BCUT2D eigenvalue weighted by Crippen LogP contribution is -2.24. The lowest BCUT2D eigenvalue weighted by atomic mass is 10.2. The monoisotopic (exact) mass is 415 g/mol. The van der Waals surface area contributed by atoms with E-state index in [1.54, 1.807) is 49.7 Å². The van der Waals surface area contributed by atoms with E-state index in [4.69, 9.17) is 9.47 Å². The first kappa shape index (κ1) is 20.2. The van der Waals surface area contributed by atoms with E-state index in [0.717, 1.165) is 38.4 Å². The third-order valence-electron chi connectivity index (χ3n) is 3.86. The van der Waals surface area contributed by atoms with Gasteiger partial charge in [-0.1, -0.05) is 17.8 Å². The van der Waals surface area contributed by atoms with Crippen LogP contribution in [0.25, 0.3) is 0 Å². The molecule has 0 atom stereocenters. The molecule has 0 unspecified atom stereocenters. The molecule has 1 N–H and O–H groups in total. The highest BCUT2D eigenvalue weighted by molar-refractivity contribution is 8.00. The second-order valence-corrected chi connectivity index (χ2v) is 8.01. The number of thiazole rings is 1. The number of pyridine rings is 1. The second kappa shape index (κ2) is 10.1. The Hall–Kier alpha value is -2.58. The Balaban J connectivity index is 1.51. The number of benzene rings is 1. The molecule has 0 aliphatic rings. The molecule has 3 rings (SSSR count). The smallest absolute Gasteiger partial charge is 0.226 e. The molecule has 0 aliphatic carbocycles. The molecule has 8 heteroatoms. The number of thioether (sulfide) groups is 1. The Labute approximate surface area is 172 Å². The molecular formula is C20H21N3O3S2. The molecule has 0 spiro atoms. The van der Waals surface area contributed by atoms with Gasteiger partial charge in [0.15, 0.2) is 0 Å². The van der Waals surface area contributed by atoms with E-state index in [1.165, 1.54) is 0 Å². The highest BCUT2D eigenvalue weighted by Gasteiger charge is 2.09. The summed E-state index contributed by atoms with van der Waals surface area (Å²) in [5.74, 6) is 2.22. The number of carbonyl (C=O) groups excluding carboxylic acids is 1. The molecule has 0 saturated heterocycles. The summed E-state index contributed by atoms with van der Waals surface area (Å²) in [6.07, 6.45) is 3.72. The van der Waals surface area contributed by atoms with E-state index in [-0.39, 0.29) is 12.3 Å². The summed E-state index contributed by atoms with van der Waals surface area (Å²) in [4.78, 5) is 20.7. The minimum absolute atomic E-state index is 0.0526. The third-order valence-corrected chi connectivity index (χ3v) is 6.00. The molecule has 2 aromatic heterocycles. The molecular weight excluding hydrogens is 394 g/mol. The van der Waals surface area contributed by atoms with Crippen LogP contribution >= 0.6 is 23.1 Å². The van der Waals surface area contributed by atoms with Crippen LogP contribution in [0, 0.1) is 0 Å². The summed E-state index contributed by atoms with van der Waals surface area (Å²) in [5, 5.41) is 4.82. The Morgan fingerprint density at radius 2 is 1.96 bits per heavy atom. The fourth-order valence-corrected chi connectivity index (χ4v) is 4.24. The fourth-order valence-electron chi connectivity index (χ4n) is 2.46. The summed E-state index contributed by atoms with van der Waals surface area (Å²) >= 11 is 3.17. The van der Waals surface area contributed by atoms with Crippen LogP contribution in [0.15, 0.2) is 52.4 Å². The fraction of sp³-hybridized carbons (Fsp3) is 0.250. The zero-order valence-corrected chi connectivity index (χ0v) is 17.3. The van der Waals surface area contributed by atoms with Crippen LogP contribution in [-0.4, -0.2) is 30.1 Å². The van der Waals surface area contributed by atoms with Crippen molar-refractivity contribution in [3.63, 3.8) is 0 Å². The summed E-state index contributed by atoms with van der Waals surface area (Å²) < 4.78 is 11.5. The van der Waals surface area contributed by atoms with E-state index in [1.807, 2.05) is 35.7 Å². The number of aromatic nitrogens is 2. The van der Waals surface area contributed by atoms with Crippen LogP contribution in [0.3, 0.4) is 0 Å². The van der Waals surface area contributed by atoms with E-state index in [2.05, 4.69) is 15.3 Å². The van der Waals surface area contributed by atoms with Crippen LogP contribution < -0.4 is 14.8 Å². The van der Waals surface area contributed by atoms with Crippen molar-refractivity contribution in [1.82, 2.24) is 15.3 Å². The van der Waals surface area contributed by atoms with Crippen molar-refractivity contribution in [3.8, 4) is 11.5 Å². The van der Waals surface area contributed by atoms with Crippen molar-refractivity contribution in [1.29, 1.82) is 0 Å². The maximum Gasteiger partial charge on any atom is 0.226 e. The van der Waals surface area contributed by atoms with Gasteiger partial charge in [-0.3, -0.25) is 9.78 Å². The molecule has 146 valence electrons. The highest BCUT2D eigenvalue weighted by atomic mass is 32.2. The lowest BCUT2D eigenvalue weighted by molar-refractivity contribution is -0.120. The summed E-state index contributed by atoms with van der Waals surface area (Å²) in [7, 11) is 3.27. The Bertz CT molecular complexity index is 894. The van der Waals surface area contributed by atoms with Crippen molar-refractivity contribution in [2.45, 2.75) is 23.1 Å². The number of amides is 1. The van der Waals surface area contributed by atoms with Gasteiger partial charge in [0.05, 0.1) is 26.3 Å². The molecule has 28 heavy (non-hydrogen) atoms. The number of ether oxygens (including phenoxy) is 2. The van der Waals surface area contributed by atoms with Gasteiger partial charge in [-0.25, -0.2) is 4.98 Å². The standard InChI is InChI=1S/C20H21N3O3S2/c1-25-17-6-15(7-18(9-17)26-2)12-27-20-23-16(13-28-20)8-19(24)22-11-14-4-3-5-21-10-14/h3-7,9-10,13H,8,11-12H2,1-2H3,(H,22,24). The number of hydrogen-bond acceptors (Lipinski definition) is 7. The third kappa shape index (κ3) is 5.97. The predicted molar refractivity (Wildman–Crippen MR) is 111 cm³/mol. The van der Waals surface area contributed by atoms with Gasteiger partial charge < -0.3 is 14.8 Å². The number of methoxy groups -OCH3 is 2. The SMILES string of the molecule is COc1cc(CSc2nc(CC(=O)NCc3cccnc3)cs2)cc(OC)c1. The minimum Gasteiger partial charge on any atom is -0.497 e. The zero-order chi connectivity index (χ0) is 19.8. The maximum absolute atomic E-state index is 12.1. The Morgan fingerprint density at radius 3 is 2.64 bits per heavy atom. The number of carbonyl (C=O) groups is 1. The molecule has 0 saturated carbocycles. The Kier molecular flexibility index (Phi) is 7.27. The van der Waals surface area contributed by atoms with Crippen molar-refractivity contribution >= 4 is 29.0 Å². The predicted octanol–water partition coefficient (Wildman–Crippen LogP) is 3.71. The molecule has 0 radical (unpaired) electrons. The van der Waals surface area contributed by atoms with Crippen LogP contribution in [-0.2, 0) is 23.5 Å². The number of rotatable bonds is 9. The summed E-state index contributed by atoms with van der Waals surface area (Å²) in [6, 6.07) is 9.59. The molecule has 1 amide bonds. The lowest BCUT2D eigenvalue weighted by Gasteiger charge is -2.07. The van der Waals surface area contributed by atoms with Crippen LogP contribution in [0.5, 0.6) is 11.5 Å². The number of hydrogen-bond donors (Lipinski definition) is 1. The Morgan fingerprint density at radius 1 is 1.18 bits per heavy atom. The highest BCUT2D eigenvalue weighted by Crippen LogP contribution is 2.30. The average molecular weight is 416 g/mol. The number of nitrogens with zero attached hydrogens (tertiary/aromatic N) is 2. The number of nitrogens with one attached hydrogen (secondary N) is 1. The average Bonchev–Trinajstić information content (AvgIpc) is 3.18. The molecule has 1 aromatic carbocycles. The van der Waals surface area contributed by atoms with Gasteiger partial charge >= 0.3 is 0 Å². The van der Waals surface area contributed by atoms with Crippen molar-refractivity contribution in [2.24, 2.45) is 0 Å². The van der Waals surface area contributed by atoms with Gasteiger partial charge in [0.1, 0.15) is 15.8 Å². The summed E-state index contributed by atoms with van der Waals surface area (Å²) in [6.45, 7) is 0.468. The molecule has 0 bridgehead atoms. The maximum atomic E-state index is 12.1. The van der Waals surface area contributed by atoms with Gasteiger partial charge in [-0.05, 0) is 29.3 Å². The van der Waals surface area contributed by atoms with Crippen molar-refractivity contribution in [3.05, 3.63) is 64.9 Å². The normalized spacial score (nSPS) is 10.5. The summed E-state index contributed by atoms with van der Waals surface area (Å²) in [5.41, 5.74) is 2.84. The van der Waals surface area contributed by atoms with Gasteiger partial charge in [-0.2, -0.15) is 0 Å². The second-order valence-electron chi connectivity index (χ2n) is 5.93. The quantitative estimate of drug-likeness (QED) is 0.537. The van der Waals surface area contributed by atoms with E-state index < -0.39 is 0 Å². The van der Waals surface area contributed by atoms with E-state index in [9.17, 15) is 4.79 Å². The minimum atomic E-state index is -0.0526. The van der Waals surface area contributed by atoms with Crippen LogP contribution in [0.4, 0.5) is 0 Å². The molecule has 2 heterocycles. The topological polar surface area (TPSA) is 73.3 Å². The first-order valence-corrected chi connectivity index (χ1v) is 10.5. The van der Waals surface area contributed by atoms with Crippen LogP contribution in [0.1, 0.15) is 16.8 Å². The van der Waals surface area contributed by atoms with Crippen molar-refractivity contribution < 1.29 is 14.3 Å². The van der Waals surface area contributed by atoms with Crippen molar-refractivity contribution in [2.75, 3.05) is 14.2 Å². The first-order valence-electron chi connectivity index (χ1n) is 8.61. The van der Waals surface area contributed by atoms with Crippen LogP contribution in [0.2, 0.25) is 0 Å².